The number of nitro benzene ring substituents is 1. The van der Waals surface area contributed by atoms with Crippen LogP contribution in [0.5, 0.6) is 11.5 Å². The molecule has 0 aliphatic rings. The van der Waals surface area contributed by atoms with Crippen LogP contribution in [-0.4, -0.2) is 17.9 Å². The number of rotatable bonds is 7. The first kappa shape index (κ1) is 19.9. The first-order valence-electron chi connectivity index (χ1n) is 8.80. The van der Waals surface area contributed by atoms with Gasteiger partial charge in [0.15, 0.2) is 5.76 Å². The van der Waals surface area contributed by atoms with Crippen molar-refractivity contribution in [2.45, 2.75) is 20.5 Å². The first-order valence-corrected chi connectivity index (χ1v) is 8.80. The number of para-hydroxylation sites is 1. The highest BCUT2D eigenvalue weighted by Gasteiger charge is 2.20. The quantitative estimate of drug-likeness (QED) is 0.461. The average molecular weight is 396 g/mol. The van der Waals surface area contributed by atoms with Crippen molar-refractivity contribution in [2.24, 2.45) is 0 Å². The molecule has 0 saturated carbocycles. The highest BCUT2D eigenvalue weighted by molar-refractivity contribution is 6.03. The minimum absolute atomic E-state index is 0.0234. The van der Waals surface area contributed by atoms with E-state index in [1.54, 1.807) is 6.07 Å². The van der Waals surface area contributed by atoms with E-state index < -0.39 is 10.8 Å². The third-order valence-electron chi connectivity index (χ3n) is 4.30. The number of ether oxygens (including phenoxy) is 2. The van der Waals surface area contributed by atoms with Crippen molar-refractivity contribution in [1.29, 1.82) is 0 Å². The van der Waals surface area contributed by atoms with Gasteiger partial charge < -0.3 is 19.2 Å². The Morgan fingerprint density at radius 1 is 1.14 bits per heavy atom. The van der Waals surface area contributed by atoms with Gasteiger partial charge in [0, 0.05) is 0 Å². The maximum absolute atomic E-state index is 12.4. The number of furan rings is 1. The molecule has 1 N–H and O–H groups in total. The van der Waals surface area contributed by atoms with Crippen LogP contribution in [0.4, 0.5) is 11.4 Å². The molecule has 0 radical (unpaired) electrons. The van der Waals surface area contributed by atoms with Gasteiger partial charge in [0.2, 0.25) is 0 Å². The lowest BCUT2D eigenvalue weighted by Crippen LogP contribution is -2.12. The van der Waals surface area contributed by atoms with Crippen molar-refractivity contribution < 1.29 is 23.6 Å². The zero-order valence-electron chi connectivity index (χ0n) is 16.2. The van der Waals surface area contributed by atoms with Crippen LogP contribution in [-0.2, 0) is 6.61 Å². The number of nitrogens with one attached hydrogen (secondary N) is 1. The normalized spacial score (nSPS) is 10.4. The summed E-state index contributed by atoms with van der Waals surface area (Å²) in [7, 11) is 1.40. The van der Waals surface area contributed by atoms with E-state index in [9.17, 15) is 14.9 Å². The summed E-state index contributed by atoms with van der Waals surface area (Å²) in [5.41, 5.74) is 1.77. The number of benzene rings is 2. The lowest BCUT2D eigenvalue weighted by Gasteiger charge is -2.10. The van der Waals surface area contributed by atoms with Crippen LogP contribution < -0.4 is 14.8 Å². The van der Waals surface area contributed by atoms with Crippen LogP contribution in [0.3, 0.4) is 0 Å². The Morgan fingerprint density at radius 2 is 1.86 bits per heavy atom. The van der Waals surface area contributed by atoms with E-state index in [-0.39, 0.29) is 23.7 Å². The lowest BCUT2D eigenvalue weighted by molar-refractivity contribution is -0.384. The third kappa shape index (κ3) is 4.55. The summed E-state index contributed by atoms with van der Waals surface area (Å²) < 4.78 is 16.3. The largest absolute Gasteiger partial charge is 0.496 e. The number of hydrogen-bond acceptors (Lipinski definition) is 6. The molecule has 3 rings (SSSR count). The number of nitro groups is 1. The number of methoxy groups -OCH3 is 1. The van der Waals surface area contributed by atoms with E-state index in [0.29, 0.717) is 11.5 Å². The Hall–Kier alpha value is -3.81. The topological polar surface area (TPSA) is 104 Å². The molecule has 0 saturated heterocycles. The fourth-order valence-electron chi connectivity index (χ4n) is 2.83. The van der Waals surface area contributed by atoms with Crippen LogP contribution in [0.25, 0.3) is 0 Å². The number of amides is 1. The van der Waals surface area contributed by atoms with Crippen LogP contribution in [0.2, 0.25) is 0 Å². The second-order valence-electron chi connectivity index (χ2n) is 6.37. The van der Waals surface area contributed by atoms with Crippen LogP contribution >= 0.6 is 0 Å². The molecule has 0 aliphatic carbocycles. The van der Waals surface area contributed by atoms with Gasteiger partial charge in [-0.3, -0.25) is 14.9 Å². The zero-order valence-corrected chi connectivity index (χ0v) is 16.2. The number of anilines is 1. The number of aryl methyl sites for hydroxylation is 2. The van der Waals surface area contributed by atoms with Gasteiger partial charge in [-0.1, -0.05) is 18.2 Å². The predicted molar refractivity (Wildman–Crippen MR) is 107 cm³/mol. The van der Waals surface area contributed by atoms with E-state index in [1.165, 1.54) is 31.4 Å². The molecule has 1 heterocycles. The summed E-state index contributed by atoms with van der Waals surface area (Å²) >= 11 is 0. The standard InChI is InChI=1S/C21H20N2O6/c1-13-5-4-6-14(2)20(13)28-12-16-8-10-19(29-16)21(24)22-17-9-7-15(27-3)11-18(17)23(25)26/h4-11H,12H2,1-3H3,(H,22,24). The van der Waals surface area contributed by atoms with Crippen molar-refractivity contribution in [1.82, 2.24) is 0 Å². The van der Waals surface area contributed by atoms with Gasteiger partial charge in [-0.15, -0.1) is 0 Å². The van der Waals surface area contributed by atoms with Gasteiger partial charge in [0.05, 0.1) is 18.1 Å². The molecule has 0 unspecified atom stereocenters. The summed E-state index contributed by atoms with van der Waals surface area (Å²) in [5.74, 6) is 0.969. The fraction of sp³-hybridized carbons (Fsp3) is 0.190. The minimum Gasteiger partial charge on any atom is -0.496 e. The maximum atomic E-state index is 12.4. The van der Waals surface area contributed by atoms with Crippen molar-refractivity contribution in [3.8, 4) is 11.5 Å². The number of carbonyl (C=O) groups is 1. The maximum Gasteiger partial charge on any atom is 0.296 e. The van der Waals surface area contributed by atoms with Crippen LogP contribution in [0, 0.1) is 24.0 Å². The molecular weight excluding hydrogens is 376 g/mol. The summed E-state index contributed by atoms with van der Waals surface area (Å²) in [6.45, 7) is 4.05. The highest BCUT2D eigenvalue weighted by Crippen LogP contribution is 2.29. The molecule has 8 heteroatoms. The Bertz CT molecular complexity index is 1040. The van der Waals surface area contributed by atoms with E-state index in [4.69, 9.17) is 13.9 Å². The van der Waals surface area contributed by atoms with Gasteiger partial charge in [0.1, 0.15) is 29.6 Å². The van der Waals surface area contributed by atoms with Gasteiger partial charge in [0.25, 0.3) is 11.6 Å². The smallest absolute Gasteiger partial charge is 0.296 e. The molecule has 8 nitrogen and oxygen atoms in total. The van der Waals surface area contributed by atoms with Crippen LogP contribution in [0.15, 0.2) is 52.9 Å². The molecular formula is C21H20N2O6. The Labute approximate surface area is 167 Å². The van der Waals surface area contributed by atoms with Crippen LogP contribution in [0.1, 0.15) is 27.4 Å². The van der Waals surface area contributed by atoms with Gasteiger partial charge in [-0.25, -0.2) is 0 Å². The fourth-order valence-corrected chi connectivity index (χ4v) is 2.83. The number of nitrogens with zero attached hydrogens (tertiary/aromatic N) is 1. The average Bonchev–Trinajstić information content (AvgIpc) is 3.17. The molecule has 0 fully saturated rings. The lowest BCUT2D eigenvalue weighted by atomic mass is 10.1. The molecule has 1 aromatic heterocycles. The van der Waals surface area contributed by atoms with Gasteiger partial charge >= 0.3 is 0 Å². The Balaban J connectivity index is 1.71. The molecule has 1 amide bonds. The monoisotopic (exact) mass is 396 g/mol. The predicted octanol–water partition coefficient (Wildman–Crippen LogP) is 4.64. The van der Waals surface area contributed by atoms with E-state index in [0.717, 1.165) is 16.9 Å². The summed E-state index contributed by atoms with van der Waals surface area (Å²) in [6.07, 6.45) is 0. The molecule has 0 bridgehead atoms. The van der Waals surface area contributed by atoms with E-state index >= 15 is 0 Å². The SMILES string of the molecule is COc1ccc(NC(=O)c2ccc(COc3c(C)cccc3C)o2)c([N+](=O)[O-])c1. The van der Waals surface area contributed by atoms with Crippen molar-refractivity contribution >= 4 is 17.3 Å². The van der Waals surface area contributed by atoms with Crippen molar-refractivity contribution in [3.63, 3.8) is 0 Å². The minimum atomic E-state index is -0.600. The number of hydrogen-bond donors (Lipinski definition) is 1. The van der Waals surface area contributed by atoms with E-state index in [1.807, 2.05) is 32.0 Å². The second-order valence-corrected chi connectivity index (χ2v) is 6.37. The first-order chi connectivity index (χ1) is 13.9. The van der Waals surface area contributed by atoms with Crippen molar-refractivity contribution in [2.75, 3.05) is 12.4 Å². The molecule has 2 aromatic carbocycles. The van der Waals surface area contributed by atoms with Gasteiger partial charge in [-0.2, -0.15) is 0 Å². The summed E-state index contributed by atoms with van der Waals surface area (Å²) in [6, 6.07) is 13.1. The summed E-state index contributed by atoms with van der Waals surface area (Å²) in [4.78, 5) is 23.1. The Morgan fingerprint density at radius 3 is 2.52 bits per heavy atom. The molecule has 150 valence electrons. The van der Waals surface area contributed by atoms with Crippen molar-refractivity contribution in [3.05, 3.63) is 81.3 Å². The molecule has 0 atom stereocenters. The molecule has 3 aromatic rings. The molecule has 0 aliphatic heterocycles. The molecule has 0 spiro atoms. The highest BCUT2D eigenvalue weighted by atomic mass is 16.6. The molecule has 29 heavy (non-hydrogen) atoms. The zero-order chi connectivity index (χ0) is 21.0. The van der Waals surface area contributed by atoms with E-state index in [2.05, 4.69) is 5.32 Å². The number of carbonyl (C=O) groups excluding carboxylic acids is 1. The Kier molecular flexibility index (Phi) is 5.82. The third-order valence-corrected chi connectivity index (χ3v) is 4.30. The summed E-state index contributed by atoms with van der Waals surface area (Å²) in [5, 5.41) is 13.7. The second kappa shape index (κ2) is 8.47. The van der Waals surface area contributed by atoms with Gasteiger partial charge in [-0.05, 0) is 49.2 Å².